The lowest BCUT2D eigenvalue weighted by Crippen LogP contribution is -2.36. The van der Waals surface area contributed by atoms with Crippen molar-refractivity contribution in [1.29, 1.82) is 0 Å². The Bertz CT molecular complexity index is 1240. The first-order valence-corrected chi connectivity index (χ1v) is 11.6. The highest BCUT2D eigenvalue weighted by molar-refractivity contribution is 7.89. The number of aromatic amines is 1. The average molecular weight is 441 g/mol. The van der Waals surface area contributed by atoms with Crippen molar-refractivity contribution >= 4 is 27.2 Å². The van der Waals surface area contributed by atoms with Crippen LogP contribution in [-0.2, 0) is 10.0 Å². The maximum absolute atomic E-state index is 12.9. The van der Waals surface area contributed by atoms with E-state index in [1.807, 2.05) is 6.07 Å². The summed E-state index contributed by atoms with van der Waals surface area (Å²) in [4.78, 5) is 12.7. The van der Waals surface area contributed by atoms with Crippen molar-refractivity contribution in [3.63, 3.8) is 0 Å². The minimum atomic E-state index is -3.78. The molecule has 3 aromatic rings. The van der Waals surface area contributed by atoms with Crippen LogP contribution in [0.3, 0.4) is 0 Å². The van der Waals surface area contributed by atoms with Crippen LogP contribution < -0.4 is 16.0 Å². The lowest BCUT2D eigenvalue weighted by Gasteiger charge is -2.22. The molecule has 1 aromatic heterocycles. The predicted molar refractivity (Wildman–Crippen MR) is 119 cm³/mol. The predicted octanol–water partition coefficient (Wildman–Crippen LogP) is 3.77. The molecule has 1 saturated carbocycles. The molecule has 1 fully saturated rings. The largest absolute Gasteiger partial charge is 0.382 e. The lowest BCUT2D eigenvalue weighted by molar-refractivity contribution is 0.412. The summed E-state index contributed by atoms with van der Waals surface area (Å²) in [6.07, 6.45) is 4.79. The first-order valence-electron chi connectivity index (χ1n) is 10.1. The van der Waals surface area contributed by atoms with Crippen molar-refractivity contribution in [3.8, 4) is 5.69 Å². The fourth-order valence-corrected chi connectivity index (χ4v) is 5.12. The molecule has 0 saturated heterocycles. The molecule has 9 nitrogen and oxygen atoms in total. The summed E-state index contributed by atoms with van der Waals surface area (Å²) in [5.41, 5.74) is 6.10. The molecule has 4 N–H and O–H groups in total. The van der Waals surface area contributed by atoms with E-state index in [1.165, 1.54) is 16.8 Å². The zero-order valence-electron chi connectivity index (χ0n) is 16.9. The highest BCUT2D eigenvalue weighted by Gasteiger charge is 2.24. The Labute approximate surface area is 180 Å². The molecule has 0 atom stereocenters. The zero-order chi connectivity index (χ0) is 21.8. The number of H-pyrrole nitrogens is 1. The van der Waals surface area contributed by atoms with Gasteiger partial charge >= 0.3 is 5.56 Å². The topological polar surface area (TPSA) is 135 Å². The number of nitrogens with one attached hydrogen (secondary N) is 2. The molecule has 1 aliphatic rings. The van der Waals surface area contributed by atoms with E-state index in [0.717, 1.165) is 32.1 Å². The summed E-state index contributed by atoms with van der Waals surface area (Å²) < 4.78 is 29.9. The zero-order valence-corrected chi connectivity index (χ0v) is 17.7. The minimum absolute atomic E-state index is 0.0156. The molecule has 10 heteroatoms. The first kappa shape index (κ1) is 21.0. The number of rotatable bonds is 6. The molecule has 0 unspecified atom stereocenters. The molecule has 0 amide bonds. The van der Waals surface area contributed by atoms with Crippen molar-refractivity contribution in [2.24, 2.45) is 10.2 Å². The van der Waals surface area contributed by atoms with E-state index in [9.17, 15) is 13.2 Å². The van der Waals surface area contributed by atoms with Gasteiger partial charge in [-0.3, -0.25) is 9.89 Å². The second-order valence-electron chi connectivity index (χ2n) is 7.47. The molecule has 1 heterocycles. The summed E-state index contributed by atoms with van der Waals surface area (Å²) in [7, 11) is -3.78. The normalized spacial score (nSPS) is 15.5. The van der Waals surface area contributed by atoms with Crippen molar-refractivity contribution < 1.29 is 8.42 Å². The number of hydrogen-bond acceptors (Lipinski definition) is 6. The molecule has 31 heavy (non-hydrogen) atoms. The Hall–Kier alpha value is -3.24. The van der Waals surface area contributed by atoms with Crippen molar-refractivity contribution in [1.82, 2.24) is 14.5 Å². The summed E-state index contributed by atoms with van der Waals surface area (Å²) in [6, 6.07) is 15.1. The SMILES string of the molecule is Nc1[nH]n(-c2ccccc2)c(=O)c1N=Nc1ccccc1S(=O)(=O)NC1CCCCC1. The number of anilines is 1. The smallest absolute Gasteiger partial charge is 0.301 e. The monoisotopic (exact) mass is 440 g/mol. The average Bonchev–Trinajstić information content (AvgIpc) is 3.07. The van der Waals surface area contributed by atoms with Crippen molar-refractivity contribution in [2.75, 3.05) is 5.73 Å². The van der Waals surface area contributed by atoms with Gasteiger partial charge in [-0.1, -0.05) is 49.6 Å². The van der Waals surface area contributed by atoms with Crippen LogP contribution in [0.5, 0.6) is 0 Å². The van der Waals surface area contributed by atoms with E-state index in [4.69, 9.17) is 5.73 Å². The second-order valence-corrected chi connectivity index (χ2v) is 9.16. The molecular weight excluding hydrogens is 416 g/mol. The van der Waals surface area contributed by atoms with E-state index in [1.54, 1.807) is 36.4 Å². The number of hydrogen-bond donors (Lipinski definition) is 3. The third-order valence-electron chi connectivity index (χ3n) is 5.25. The molecular formula is C21H24N6O3S. The highest BCUT2D eigenvalue weighted by atomic mass is 32.2. The van der Waals surface area contributed by atoms with Crippen LogP contribution in [0.25, 0.3) is 5.69 Å². The van der Waals surface area contributed by atoms with Gasteiger partial charge in [0.1, 0.15) is 16.4 Å². The van der Waals surface area contributed by atoms with Crippen LogP contribution in [0.1, 0.15) is 32.1 Å². The van der Waals surface area contributed by atoms with E-state index in [0.29, 0.717) is 5.69 Å². The number of azo groups is 1. The minimum Gasteiger partial charge on any atom is -0.382 e. The van der Waals surface area contributed by atoms with E-state index in [2.05, 4.69) is 20.0 Å². The number of sulfonamides is 1. The number of nitrogens with two attached hydrogens (primary N) is 1. The molecule has 0 aliphatic heterocycles. The van der Waals surface area contributed by atoms with Gasteiger partial charge < -0.3 is 5.73 Å². The summed E-state index contributed by atoms with van der Waals surface area (Å²) >= 11 is 0. The van der Waals surface area contributed by atoms with Crippen molar-refractivity contribution in [3.05, 3.63) is 65.0 Å². The molecule has 0 radical (unpaired) electrons. The van der Waals surface area contributed by atoms with Crippen LogP contribution in [0.2, 0.25) is 0 Å². The Balaban J connectivity index is 1.64. The van der Waals surface area contributed by atoms with E-state index in [-0.39, 0.29) is 28.1 Å². The van der Waals surface area contributed by atoms with Gasteiger partial charge in [-0.15, -0.1) is 10.2 Å². The number of nitrogens with zero attached hydrogens (tertiary/aromatic N) is 3. The van der Waals surface area contributed by atoms with Crippen LogP contribution in [0.15, 0.2) is 74.5 Å². The van der Waals surface area contributed by atoms with Crippen LogP contribution in [0, 0.1) is 0 Å². The van der Waals surface area contributed by atoms with Gasteiger partial charge in [0.2, 0.25) is 10.0 Å². The first-order chi connectivity index (χ1) is 15.0. The fourth-order valence-electron chi connectivity index (χ4n) is 3.68. The fraction of sp³-hybridized carbons (Fsp3) is 0.286. The number of aromatic nitrogens is 2. The Morgan fingerprint density at radius 2 is 1.65 bits per heavy atom. The third-order valence-corrected chi connectivity index (χ3v) is 6.81. The molecule has 0 bridgehead atoms. The van der Waals surface area contributed by atoms with E-state index >= 15 is 0 Å². The Kier molecular flexibility index (Phi) is 6.01. The molecule has 0 spiro atoms. The molecule has 4 rings (SSSR count). The number of nitrogen functional groups attached to an aromatic ring is 1. The third kappa shape index (κ3) is 4.59. The van der Waals surface area contributed by atoms with Gasteiger partial charge in [-0.2, -0.15) is 0 Å². The standard InChI is InChI=1S/C21H24N6O3S/c22-20-19(21(28)27(25-20)16-11-5-2-6-12-16)24-23-17-13-7-8-14-18(17)31(29,30)26-15-9-3-1-4-10-15/h2,5-8,11-15,25-26H,1,3-4,9-10,22H2. The molecule has 162 valence electrons. The van der Waals surface area contributed by atoms with Gasteiger partial charge in [0, 0.05) is 6.04 Å². The highest BCUT2D eigenvalue weighted by Crippen LogP contribution is 2.28. The maximum atomic E-state index is 12.9. The molecule has 1 aliphatic carbocycles. The van der Waals surface area contributed by atoms with Gasteiger partial charge in [0.25, 0.3) is 0 Å². The van der Waals surface area contributed by atoms with Gasteiger partial charge in [0.15, 0.2) is 5.69 Å². The summed E-state index contributed by atoms with van der Waals surface area (Å²) in [6.45, 7) is 0. The summed E-state index contributed by atoms with van der Waals surface area (Å²) in [5.74, 6) is 0.0401. The lowest BCUT2D eigenvalue weighted by atomic mass is 9.96. The van der Waals surface area contributed by atoms with Crippen LogP contribution >= 0.6 is 0 Å². The Morgan fingerprint density at radius 3 is 2.39 bits per heavy atom. The van der Waals surface area contributed by atoms with Gasteiger partial charge in [-0.25, -0.2) is 17.8 Å². The molecule has 2 aromatic carbocycles. The number of para-hydroxylation sites is 1. The van der Waals surface area contributed by atoms with Crippen LogP contribution in [-0.4, -0.2) is 24.2 Å². The Morgan fingerprint density at radius 1 is 0.968 bits per heavy atom. The second kappa shape index (κ2) is 8.86. The number of benzene rings is 2. The van der Waals surface area contributed by atoms with Crippen LogP contribution in [0.4, 0.5) is 17.2 Å². The quantitative estimate of drug-likeness (QED) is 0.503. The van der Waals surface area contributed by atoms with Crippen molar-refractivity contribution in [2.45, 2.75) is 43.0 Å². The van der Waals surface area contributed by atoms with Gasteiger partial charge in [-0.05, 0) is 37.1 Å². The van der Waals surface area contributed by atoms with Gasteiger partial charge in [0.05, 0.1) is 5.69 Å². The maximum Gasteiger partial charge on any atom is 0.301 e. The van der Waals surface area contributed by atoms with E-state index < -0.39 is 15.6 Å². The summed E-state index contributed by atoms with van der Waals surface area (Å²) in [5, 5.41) is 10.8.